The van der Waals surface area contributed by atoms with E-state index < -0.39 is 10.2 Å². The molecular weight excluding hydrogens is 350 g/mol. The number of thiazole rings is 1. The second-order valence-electron chi connectivity index (χ2n) is 5.42. The molecule has 0 aromatic carbocycles. The molecule has 8 nitrogen and oxygen atoms in total. The maximum Gasteiger partial charge on any atom is 0.280 e. The van der Waals surface area contributed by atoms with E-state index in [1.807, 2.05) is 5.38 Å². The normalized spacial score (nSPS) is 19.0. The number of methoxy groups -OCH3 is 1. The number of rotatable bonds is 7. The van der Waals surface area contributed by atoms with Gasteiger partial charge in [0.2, 0.25) is 0 Å². The standard InChI is InChI=1S/C14H19N5O3S2/c1-22-9-12-3-2-6-19(12)24(20,21)17-7-11-10-23-14(18-11)13-8-15-4-5-16-13/h4-5,8,10,12,17H,2-3,6-7,9H2,1H3. The van der Waals surface area contributed by atoms with Crippen LogP contribution >= 0.6 is 11.3 Å². The van der Waals surface area contributed by atoms with Gasteiger partial charge >= 0.3 is 0 Å². The van der Waals surface area contributed by atoms with Gasteiger partial charge in [-0.25, -0.2) is 4.98 Å². The zero-order valence-electron chi connectivity index (χ0n) is 13.3. The van der Waals surface area contributed by atoms with Gasteiger partial charge in [0.05, 0.1) is 25.0 Å². The fraction of sp³-hybridized carbons (Fsp3) is 0.500. The van der Waals surface area contributed by atoms with Gasteiger partial charge in [-0.2, -0.15) is 17.4 Å². The molecule has 3 heterocycles. The summed E-state index contributed by atoms with van der Waals surface area (Å²) in [5.41, 5.74) is 1.34. The van der Waals surface area contributed by atoms with E-state index in [4.69, 9.17) is 4.74 Å². The van der Waals surface area contributed by atoms with Crippen LogP contribution in [0.5, 0.6) is 0 Å². The zero-order valence-corrected chi connectivity index (χ0v) is 14.9. The lowest BCUT2D eigenvalue weighted by molar-refractivity contribution is 0.148. The van der Waals surface area contributed by atoms with E-state index in [1.165, 1.54) is 15.6 Å². The van der Waals surface area contributed by atoms with Gasteiger partial charge in [0.25, 0.3) is 10.2 Å². The van der Waals surface area contributed by atoms with Crippen LogP contribution in [0.25, 0.3) is 10.7 Å². The van der Waals surface area contributed by atoms with Crippen molar-refractivity contribution in [2.45, 2.75) is 25.4 Å². The monoisotopic (exact) mass is 369 g/mol. The molecule has 1 saturated heterocycles. The van der Waals surface area contributed by atoms with Crippen LogP contribution in [0.2, 0.25) is 0 Å². The van der Waals surface area contributed by atoms with Crippen molar-refractivity contribution in [3.05, 3.63) is 29.7 Å². The Morgan fingerprint density at radius 1 is 1.46 bits per heavy atom. The van der Waals surface area contributed by atoms with Gasteiger partial charge in [-0.05, 0) is 12.8 Å². The molecule has 1 aliphatic rings. The second kappa shape index (κ2) is 7.62. The average molecular weight is 369 g/mol. The van der Waals surface area contributed by atoms with Crippen molar-refractivity contribution in [3.63, 3.8) is 0 Å². The van der Waals surface area contributed by atoms with Crippen molar-refractivity contribution < 1.29 is 13.2 Å². The Hall–Kier alpha value is -1.46. The Morgan fingerprint density at radius 2 is 2.33 bits per heavy atom. The Kier molecular flexibility index (Phi) is 5.51. The highest BCUT2D eigenvalue weighted by molar-refractivity contribution is 7.87. The van der Waals surface area contributed by atoms with E-state index in [0.717, 1.165) is 17.8 Å². The van der Waals surface area contributed by atoms with Gasteiger partial charge in [-0.1, -0.05) is 0 Å². The summed E-state index contributed by atoms with van der Waals surface area (Å²) in [6, 6.07) is -0.0990. The van der Waals surface area contributed by atoms with E-state index in [2.05, 4.69) is 19.7 Å². The van der Waals surface area contributed by atoms with Crippen molar-refractivity contribution >= 4 is 21.5 Å². The molecule has 130 valence electrons. The molecule has 3 rings (SSSR count). The molecule has 0 aliphatic carbocycles. The predicted molar refractivity (Wildman–Crippen MR) is 90.5 cm³/mol. The van der Waals surface area contributed by atoms with Crippen molar-refractivity contribution in [2.24, 2.45) is 0 Å². The predicted octanol–water partition coefficient (Wildman–Crippen LogP) is 1.05. The lowest BCUT2D eigenvalue weighted by Crippen LogP contribution is -2.44. The molecule has 2 aromatic heterocycles. The van der Waals surface area contributed by atoms with Gasteiger partial charge in [0.1, 0.15) is 10.7 Å². The first-order valence-corrected chi connectivity index (χ1v) is 9.88. The molecule has 1 atom stereocenters. The molecule has 1 unspecified atom stereocenters. The Bertz CT molecular complexity index is 766. The summed E-state index contributed by atoms with van der Waals surface area (Å²) in [4.78, 5) is 12.6. The van der Waals surface area contributed by atoms with Gasteiger partial charge < -0.3 is 4.74 Å². The Labute approximate surface area is 145 Å². The molecular formula is C14H19N5O3S2. The van der Waals surface area contributed by atoms with Crippen LogP contribution < -0.4 is 4.72 Å². The molecule has 1 aliphatic heterocycles. The van der Waals surface area contributed by atoms with E-state index in [0.29, 0.717) is 24.5 Å². The minimum atomic E-state index is -3.54. The highest BCUT2D eigenvalue weighted by Gasteiger charge is 2.33. The van der Waals surface area contributed by atoms with Crippen molar-refractivity contribution in [1.29, 1.82) is 0 Å². The van der Waals surface area contributed by atoms with Gasteiger partial charge in [-0.15, -0.1) is 11.3 Å². The number of nitrogens with zero attached hydrogens (tertiary/aromatic N) is 4. The van der Waals surface area contributed by atoms with Crippen LogP contribution in [-0.2, 0) is 21.5 Å². The summed E-state index contributed by atoms with van der Waals surface area (Å²) in [5, 5.41) is 2.54. The van der Waals surface area contributed by atoms with Crippen LogP contribution in [0.15, 0.2) is 24.0 Å². The fourth-order valence-electron chi connectivity index (χ4n) is 2.65. The third-order valence-corrected chi connectivity index (χ3v) is 6.28. The highest BCUT2D eigenvalue weighted by atomic mass is 32.2. The maximum absolute atomic E-state index is 12.5. The van der Waals surface area contributed by atoms with Crippen LogP contribution in [0, 0.1) is 0 Å². The van der Waals surface area contributed by atoms with Crippen molar-refractivity contribution in [1.82, 2.24) is 24.0 Å². The quantitative estimate of drug-likeness (QED) is 0.783. The molecule has 0 amide bonds. The van der Waals surface area contributed by atoms with Crippen LogP contribution in [0.1, 0.15) is 18.5 Å². The van der Waals surface area contributed by atoms with E-state index >= 15 is 0 Å². The lowest BCUT2D eigenvalue weighted by atomic mass is 10.2. The smallest absolute Gasteiger partial charge is 0.280 e. The number of hydrogen-bond donors (Lipinski definition) is 1. The molecule has 1 N–H and O–H groups in total. The van der Waals surface area contributed by atoms with E-state index in [1.54, 1.807) is 25.7 Å². The minimum absolute atomic E-state index is 0.0990. The van der Waals surface area contributed by atoms with Crippen LogP contribution in [-0.4, -0.2) is 54.0 Å². The topological polar surface area (TPSA) is 97.3 Å². The van der Waals surface area contributed by atoms with Crippen LogP contribution in [0.4, 0.5) is 0 Å². The van der Waals surface area contributed by atoms with Gasteiger partial charge in [0.15, 0.2) is 0 Å². The average Bonchev–Trinajstić information content (AvgIpc) is 3.24. The third kappa shape index (κ3) is 3.95. The lowest BCUT2D eigenvalue weighted by Gasteiger charge is -2.23. The molecule has 1 fully saturated rings. The highest BCUT2D eigenvalue weighted by Crippen LogP contribution is 2.22. The van der Waals surface area contributed by atoms with E-state index in [9.17, 15) is 8.42 Å². The van der Waals surface area contributed by atoms with Crippen molar-refractivity contribution in [2.75, 3.05) is 20.3 Å². The summed E-state index contributed by atoms with van der Waals surface area (Å²) < 4.78 is 34.2. The van der Waals surface area contributed by atoms with Gasteiger partial charge in [0, 0.05) is 37.5 Å². The van der Waals surface area contributed by atoms with E-state index in [-0.39, 0.29) is 12.6 Å². The third-order valence-electron chi connectivity index (χ3n) is 3.76. The fourth-order valence-corrected chi connectivity index (χ4v) is 4.85. The van der Waals surface area contributed by atoms with Crippen molar-refractivity contribution in [3.8, 4) is 10.7 Å². The largest absolute Gasteiger partial charge is 0.383 e. The number of nitrogens with one attached hydrogen (secondary N) is 1. The number of hydrogen-bond acceptors (Lipinski definition) is 7. The first-order valence-electron chi connectivity index (χ1n) is 7.56. The summed E-state index contributed by atoms with van der Waals surface area (Å²) in [5.74, 6) is 0. The van der Waals surface area contributed by atoms with Gasteiger partial charge in [-0.3, -0.25) is 9.97 Å². The summed E-state index contributed by atoms with van der Waals surface area (Å²) in [7, 11) is -1.96. The first kappa shape index (κ1) is 17.4. The summed E-state index contributed by atoms with van der Waals surface area (Å²) in [6.07, 6.45) is 6.50. The molecule has 2 aromatic rings. The Balaban J connectivity index is 1.64. The number of aromatic nitrogens is 3. The molecule has 10 heteroatoms. The van der Waals surface area contributed by atoms with Crippen LogP contribution in [0.3, 0.4) is 0 Å². The Morgan fingerprint density at radius 3 is 3.08 bits per heavy atom. The molecule has 24 heavy (non-hydrogen) atoms. The molecule has 0 spiro atoms. The summed E-state index contributed by atoms with van der Waals surface area (Å²) in [6.45, 7) is 1.08. The molecule has 0 saturated carbocycles. The summed E-state index contributed by atoms with van der Waals surface area (Å²) >= 11 is 1.41. The second-order valence-corrected chi connectivity index (χ2v) is 7.99. The zero-order chi connectivity index (χ0) is 17.0. The minimum Gasteiger partial charge on any atom is -0.383 e. The number of ether oxygens (including phenoxy) is 1. The first-order chi connectivity index (χ1) is 11.6. The molecule has 0 bridgehead atoms. The molecule has 0 radical (unpaired) electrons. The SMILES string of the molecule is COCC1CCCN1S(=O)(=O)NCc1csc(-c2cnccn2)n1. The maximum atomic E-state index is 12.5.